The fourth-order valence-corrected chi connectivity index (χ4v) is 3.28. The van der Waals surface area contributed by atoms with Gasteiger partial charge in [-0.3, -0.25) is 4.79 Å². The summed E-state index contributed by atoms with van der Waals surface area (Å²) in [6, 6.07) is 8.23. The van der Waals surface area contributed by atoms with Crippen LogP contribution in [0.4, 0.5) is 5.69 Å². The van der Waals surface area contributed by atoms with Crippen LogP contribution in [0.15, 0.2) is 28.8 Å². The van der Waals surface area contributed by atoms with E-state index in [4.69, 9.17) is 10.3 Å². The fraction of sp³-hybridized carbons (Fsp3) is 0.412. The minimum atomic E-state index is -0.253. The number of rotatable bonds is 3. The molecule has 22 heavy (non-hydrogen) atoms. The lowest BCUT2D eigenvalue weighted by Gasteiger charge is -2.40. The van der Waals surface area contributed by atoms with Crippen LogP contribution in [0.5, 0.6) is 0 Å². The summed E-state index contributed by atoms with van der Waals surface area (Å²) in [4.78, 5) is 14.1. The van der Waals surface area contributed by atoms with Crippen molar-refractivity contribution in [2.45, 2.75) is 45.7 Å². The number of hydrogen-bond acceptors (Lipinski definition) is 4. The van der Waals surface area contributed by atoms with Crippen molar-refractivity contribution < 1.29 is 9.32 Å². The number of carbonyl (C=O) groups is 1. The summed E-state index contributed by atoms with van der Waals surface area (Å²) in [6.45, 7) is 6.75. The van der Waals surface area contributed by atoms with E-state index < -0.39 is 0 Å². The lowest BCUT2D eigenvalue weighted by molar-refractivity contribution is -0.119. The molecule has 2 atom stereocenters. The molecule has 0 bridgehead atoms. The van der Waals surface area contributed by atoms with E-state index in [1.54, 1.807) is 0 Å². The number of para-hydroxylation sites is 1. The highest BCUT2D eigenvalue weighted by molar-refractivity contribution is 5.85. The Morgan fingerprint density at radius 1 is 1.41 bits per heavy atom. The first kappa shape index (κ1) is 14.6. The first-order valence-corrected chi connectivity index (χ1v) is 7.55. The number of anilines is 1. The maximum absolute atomic E-state index is 11.8. The number of aromatic nitrogens is 1. The van der Waals surface area contributed by atoms with E-state index >= 15 is 0 Å². The second kappa shape index (κ2) is 5.48. The molecule has 1 aliphatic heterocycles. The smallest absolute Gasteiger partial charge is 0.225 e. The number of hydrogen-bond donors (Lipinski definition) is 1. The SMILES string of the molecule is Cc1noc(C)c1CN1c2ccccc2[C@H](C(N)=O)C[C@H]1C. The van der Waals surface area contributed by atoms with Crippen molar-refractivity contribution in [1.82, 2.24) is 5.16 Å². The number of primary amides is 1. The quantitative estimate of drug-likeness (QED) is 0.945. The Morgan fingerprint density at radius 3 is 2.77 bits per heavy atom. The third-order valence-electron chi connectivity index (χ3n) is 4.58. The van der Waals surface area contributed by atoms with Crippen LogP contribution in [-0.2, 0) is 11.3 Å². The van der Waals surface area contributed by atoms with Gasteiger partial charge in [-0.25, -0.2) is 0 Å². The summed E-state index contributed by atoms with van der Waals surface area (Å²) >= 11 is 0. The second-order valence-corrected chi connectivity index (χ2v) is 6.03. The molecule has 0 saturated carbocycles. The van der Waals surface area contributed by atoms with Gasteiger partial charge in [0.05, 0.1) is 11.6 Å². The van der Waals surface area contributed by atoms with Crippen LogP contribution in [-0.4, -0.2) is 17.1 Å². The van der Waals surface area contributed by atoms with Gasteiger partial charge in [-0.15, -0.1) is 0 Å². The Morgan fingerprint density at radius 2 is 2.14 bits per heavy atom. The van der Waals surface area contributed by atoms with E-state index in [-0.39, 0.29) is 17.9 Å². The molecule has 1 aliphatic rings. The van der Waals surface area contributed by atoms with Crippen LogP contribution < -0.4 is 10.6 Å². The van der Waals surface area contributed by atoms with Crippen molar-refractivity contribution >= 4 is 11.6 Å². The molecule has 2 aromatic rings. The third kappa shape index (κ3) is 2.36. The number of nitrogens with zero attached hydrogens (tertiary/aromatic N) is 2. The molecule has 5 nitrogen and oxygen atoms in total. The van der Waals surface area contributed by atoms with Gasteiger partial charge in [-0.1, -0.05) is 23.4 Å². The Kier molecular flexibility index (Phi) is 3.64. The largest absolute Gasteiger partial charge is 0.369 e. The molecule has 116 valence electrons. The van der Waals surface area contributed by atoms with E-state index in [0.29, 0.717) is 0 Å². The van der Waals surface area contributed by atoms with Crippen LogP contribution >= 0.6 is 0 Å². The molecular formula is C17H21N3O2. The summed E-state index contributed by atoms with van der Waals surface area (Å²) in [7, 11) is 0. The molecule has 0 spiro atoms. The maximum atomic E-state index is 11.8. The van der Waals surface area contributed by atoms with Crippen LogP contribution in [0, 0.1) is 13.8 Å². The summed E-state index contributed by atoms with van der Waals surface area (Å²) in [5, 5.41) is 4.03. The van der Waals surface area contributed by atoms with E-state index in [9.17, 15) is 4.79 Å². The minimum Gasteiger partial charge on any atom is -0.369 e. The topological polar surface area (TPSA) is 72.4 Å². The zero-order valence-electron chi connectivity index (χ0n) is 13.2. The highest BCUT2D eigenvalue weighted by atomic mass is 16.5. The van der Waals surface area contributed by atoms with Crippen LogP contribution in [0.2, 0.25) is 0 Å². The van der Waals surface area contributed by atoms with Crippen LogP contribution in [0.1, 0.15) is 41.8 Å². The molecule has 1 aromatic heterocycles. The van der Waals surface area contributed by atoms with E-state index in [2.05, 4.69) is 23.0 Å². The Labute approximate surface area is 130 Å². The molecule has 0 unspecified atom stereocenters. The minimum absolute atomic E-state index is 0.216. The molecule has 0 aliphatic carbocycles. The molecule has 1 amide bonds. The molecule has 2 heterocycles. The average Bonchev–Trinajstić information content (AvgIpc) is 2.81. The molecule has 0 radical (unpaired) electrons. The monoisotopic (exact) mass is 299 g/mol. The number of nitrogens with two attached hydrogens (primary N) is 1. The first-order valence-electron chi connectivity index (χ1n) is 7.55. The molecule has 2 N–H and O–H groups in total. The highest BCUT2D eigenvalue weighted by Crippen LogP contribution is 2.39. The molecule has 0 saturated heterocycles. The lowest BCUT2D eigenvalue weighted by Crippen LogP contribution is -2.41. The van der Waals surface area contributed by atoms with Crippen molar-refractivity contribution in [3.63, 3.8) is 0 Å². The van der Waals surface area contributed by atoms with E-state index in [0.717, 1.165) is 41.2 Å². The number of fused-ring (bicyclic) bond motifs is 1. The van der Waals surface area contributed by atoms with Gasteiger partial charge in [0.25, 0.3) is 0 Å². The molecular weight excluding hydrogens is 278 g/mol. The Balaban J connectivity index is 2.01. The van der Waals surface area contributed by atoms with E-state index in [1.165, 1.54) is 0 Å². The van der Waals surface area contributed by atoms with Crippen molar-refractivity contribution in [2.24, 2.45) is 5.73 Å². The number of benzene rings is 1. The first-order chi connectivity index (χ1) is 10.5. The van der Waals surface area contributed by atoms with Crippen LogP contribution in [0.25, 0.3) is 0 Å². The normalized spacial score (nSPS) is 20.8. The average molecular weight is 299 g/mol. The number of amides is 1. The fourth-order valence-electron chi connectivity index (χ4n) is 3.28. The van der Waals surface area contributed by atoms with Gasteiger partial charge in [0.15, 0.2) is 0 Å². The number of aryl methyl sites for hydroxylation is 2. The summed E-state index contributed by atoms with van der Waals surface area (Å²) in [5.74, 6) is 0.377. The second-order valence-electron chi connectivity index (χ2n) is 6.03. The summed E-state index contributed by atoms with van der Waals surface area (Å²) < 4.78 is 5.27. The van der Waals surface area contributed by atoms with Gasteiger partial charge < -0.3 is 15.2 Å². The predicted octanol–water partition coefficient (Wildman–Crippen LogP) is 2.66. The molecule has 3 rings (SSSR count). The number of carbonyl (C=O) groups excluding carboxylic acids is 1. The van der Waals surface area contributed by atoms with Gasteiger partial charge in [0.2, 0.25) is 5.91 Å². The third-order valence-corrected chi connectivity index (χ3v) is 4.58. The van der Waals surface area contributed by atoms with Gasteiger partial charge in [0.1, 0.15) is 5.76 Å². The van der Waals surface area contributed by atoms with Crippen LogP contribution in [0.3, 0.4) is 0 Å². The zero-order chi connectivity index (χ0) is 15.9. The standard InChI is InChI=1S/C17H21N3O2/c1-10-8-14(17(18)21)13-6-4-5-7-16(13)20(10)9-15-11(2)19-22-12(15)3/h4-7,10,14H,8-9H2,1-3H3,(H2,18,21)/t10-,14-/m1/s1. The lowest BCUT2D eigenvalue weighted by atomic mass is 9.85. The Bertz CT molecular complexity index is 688. The van der Waals surface area contributed by atoms with Gasteiger partial charge in [0, 0.05) is 23.8 Å². The summed E-state index contributed by atoms with van der Waals surface area (Å²) in [6.07, 6.45) is 0.732. The van der Waals surface area contributed by atoms with Crippen molar-refractivity contribution in [1.29, 1.82) is 0 Å². The van der Waals surface area contributed by atoms with Crippen molar-refractivity contribution in [3.8, 4) is 0 Å². The molecule has 1 aromatic carbocycles. The predicted molar refractivity (Wildman–Crippen MR) is 84.6 cm³/mol. The maximum Gasteiger partial charge on any atom is 0.225 e. The zero-order valence-corrected chi connectivity index (χ0v) is 13.2. The van der Waals surface area contributed by atoms with Gasteiger partial charge in [-0.2, -0.15) is 0 Å². The molecule has 0 fully saturated rings. The van der Waals surface area contributed by atoms with Crippen molar-refractivity contribution in [2.75, 3.05) is 4.90 Å². The molecule has 5 heteroatoms. The van der Waals surface area contributed by atoms with Gasteiger partial charge >= 0.3 is 0 Å². The summed E-state index contributed by atoms with van der Waals surface area (Å²) in [5.41, 5.74) is 9.71. The highest BCUT2D eigenvalue weighted by Gasteiger charge is 2.33. The van der Waals surface area contributed by atoms with Crippen molar-refractivity contribution in [3.05, 3.63) is 46.8 Å². The Hall–Kier alpha value is -2.30. The van der Waals surface area contributed by atoms with E-state index in [1.807, 2.05) is 32.0 Å². The van der Waals surface area contributed by atoms with Gasteiger partial charge in [-0.05, 0) is 38.8 Å².